The fourth-order valence-electron chi connectivity index (χ4n) is 2.07. The number of carbonyl (C=O) groups is 1. The van der Waals surface area contributed by atoms with E-state index < -0.39 is 0 Å². The third-order valence-corrected chi connectivity index (χ3v) is 3.98. The summed E-state index contributed by atoms with van der Waals surface area (Å²) in [6.45, 7) is 6.36. The van der Waals surface area contributed by atoms with E-state index in [0.717, 1.165) is 34.0 Å². The van der Waals surface area contributed by atoms with Gasteiger partial charge in [-0.1, -0.05) is 6.07 Å². The molecule has 3 nitrogen and oxygen atoms in total. The molecule has 0 aromatic carbocycles. The normalized spacial score (nSPS) is 10.6. The molecular formula is C16H19NO2S. The minimum absolute atomic E-state index is 0.218. The zero-order chi connectivity index (χ0) is 14.5. The quantitative estimate of drug-likeness (QED) is 0.620. The van der Waals surface area contributed by atoms with Crippen LogP contribution in [0, 0.1) is 20.8 Å². The van der Waals surface area contributed by atoms with E-state index in [9.17, 15) is 4.79 Å². The third kappa shape index (κ3) is 3.90. The summed E-state index contributed by atoms with van der Waals surface area (Å²) in [7, 11) is 0. The Morgan fingerprint density at radius 1 is 1.30 bits per heavy atom. The monoisotopic (exact) mass is 289 g/mol. The largest absolute Gasteiger partial charge is 0.462 e. The first kappa shape index (κ1) is 14.7. The number of nitrogens with zero attached hydrogens (tertiary/aromatic N) is 1. The Morgan fingerprint density at radius 2 is 2.10 bits per heavy atom. The molecule has 106 valence electrons. The van der Waals surface area contributed by atoms with Crippen LogP contribution in [0.3, 0.4) is 0 Å². The van der Waals surface area contributed by atoms with Gasteiger partial charge in [0.25, 0.3) is 0 Å². The summed E-state index contributed by atoms with van der Waals surface area (Å²) in [5.41, 5.74) is 2.76. The van der Waals surface area contributed by atoms with Gasteiger partial charge >= 0.3 is 5.97 Å². The number of pyridine rings is 1. The van der Waals surface area contributed by atoms with Crippen molar-refractivity contribution in [2.75, 3.05) is 6.61 Å². The Balaban J connectivity index is 1.79. The second kappa shape index (κ2) is 6.66. The maximum Gasteiger partial charge on any atom is 0.339 e. The van der Waals surface area contributed by atoms with Crippen molar-refractivity contribution in [3.8, 4) is 0 Å². The van der Waals surface area contributed by atoms with E-state index in [1.165, 1.54) is 0 Å². The predicted octanol–water partition coefficient (Wildman–Crippen LogP) is 3.86. The molecule has 0 spiro atoms. The van der Waals surface area contributed by atoms with Gasteiger partial charge in [-0.25, -0.2) is 4.79 Å². The van der Waals surface area contributed by atoms with Gasteiger partial charge in [0.15, 0.2) is 0 Å². The number of hydrogen-bond donors (Lipinski definition) is 0. The van der Waals surface area contributed by atoms with Gasteiger partial charge in [-0.2, -0.15) is 0 Å². The highest BCUT2D eigenvalue weighted by molar-refractivity contribution is 7.12. The molecule has 2 heterocycles. The van der Waals surface area contributed by atoms with Gasteiger partial charge in [-0.3, -0.25) is 4.98 Å². The molecule has 0 saturated carbocycles. The molecule has 0 fully saturated rings. The Labute approximate surface area is 123 Å². The number of thiophene rings is 1. The van der Waals surface area contributed by atoms with Crippen molar-refractivity contribution in [1.82, 2.24) is 4.98 Å². The number of rotatable bonds is 5. The molecule has 0 amide bonds. The molecule has 2 aromatic rings. The predicted molar refractivity (Wildman–Crippen MR) is 81.4 cm³/mol. The van der Waals surface area contributed by atoms with E-state index in [0.29, 0.717) is 12.2 Å². The smallest absolute Gasteiger partial charge is 0.339 e. The second-order valence-electron chi connectivity index (χ2n) is 4.84. The molecule has 4 heteroatoms. The maximum absolute atomic E-state index is 11.9. The Hall–Kier alpha value is -1.68. The number of carbonyl (C=O) groups excluding carboxylic acids is 1. The van der Waals surface area contributed by atoms with E-state index in [4.69, 9.17) is 4.74 Å². The van der Waals surface area contributed by atoms with Crippen LogP contribution >= 0.6 is 11.3 Å². The zero-order valence-electron chi connectivity index (χ0n) is 12.1. The van der Waals surface area contributed by atoms with Gasteiger partial charge in [-0.15, -0.1) is 11.3 Å². The van der Waals surface area contributed by atoms with Crippen LogP contribution in [0.2, 0.25) is 0 Å². The minimum atomic E-state index is -0.218. The molecule has 0 N–H and O–H groups in total. The first-order valence-electron chi connectivity index (χ1n) is 6.73. The van der Waals surface area contributed by atoms with Crippen LogP contribution in [-0.4, -0.2) is 17.6 Å². The van der Waals surface area contributed by atoms with Gasteiger partial charge in [0.05, 0.1) is 12.2 Å². The summed E-state index contributed by atoms with van der Waals surface area (Å²) >= 11 is 1.62. The van der Waals surface area contributed by atoms with Crippen molar-refractivity contribution < 1.29 is 9.53 Å². The molecule has 0 bridgehead atoms. The van der Waals surface area contributed by atoms with E-state index >= 15 is 0 Å². The lowest BCUT2D eigenvalue weighted by molar-refractivity contribution is 0.0500. The Kier molecular flexibility index (Phi) is 4.90. The van der Waals surface area contributed by atoms with Crippen LogP contribution in [0.4, 0.5) is 0 Å². The highest BCUT2D eigenvalue weighted by Crippen LogP contribution is 2.21. The lowest BCUT2D eigenvalue weighted by atomic mass is 10.2. The first-order valence-corrected chi connectivity index (χ1v) is 7.54. The number of aryl methyl sites for hydroxylation is 4. The van der Waals surface area contributed by atoms with Crippen LogP contribution < -0.4 is 0 Å². The highest BCUT2D eigenvalue weighted by atomic mass is 32.1. The minimum Gasteiger partial charge on any atom is -0.462 e. The summed E-state index contributed by atoms with van der Waals surface area (Å²) in [5.74, 6) is -0.218. The number of aromatic nitrogens is 1. The van der Waals surface area contributed by atoms with Gasteiger partial charge in [0.2, 0.25) is 0 Å². The van der Waals surface area contributed by atoms with Crippen LogP contribution in [-0.2, 0) is 11.2 Å². The topological polar surface area (TPSA) is 39.2 Å². The van der Waals surface area contributed by atoms with Gasteiger partial charge in [0, 0.05) is 21.1 Å². The molecule has 0 unspecified atom stereocenters. The lowest BCUT2D eigenvalue weighted by Crippen LogP contribution is -2.07. The summed E-state index contributed by atoms with van der Waals surface area (Å²) < 4.78 is 5.31. The third-order valence-electron chi connectivity index (χ3n) is 3.02. The molecule has 20 heavy (non-hydrogen) atoms. The summed E-state index contributed by atoms with van der Waals surface area (Å²) in [4.78, 5) is 18.5. The Morgan fingerprint density at radius 3 is 2.75 bits per heavy atom. The van der Waals surface area contributed by atoms with Crippen molar-refractivity contribution in [1.29, 1.82) is 0 Å². The van der Waals surface area contributed by atoms with Crippen LogP contribution in [0.15, 0.2) is 24.3 Å². The molecule has 2 rings (SSSR count). The molecule has 0 aliphatic carbocycles. The SMILES string of the molecule is Cc1cccc(CCCOC(=O)c2cc(C)sc2C)n1. The van der Waals surface area contributed by atoms with Gasteiger partial charge < -0.3 is 4.74 Å². The molecule has 0 saturated heterocycles. The van der Waals surface area contributed by atoms with Gasteiger partial charge in [-0.05, 0) is 51.8 Å². The van der Waals surface area contributed by atoms with Gasteiger partial charge in [0.1, 0.15) is 0 Å². The Bertz CT molecular complexity index is 604. The number of ether oxygens (including phenoxy) is 1. The summed E-state index contributed by atoms with van der Waals surface area (Å²) in [5, 5.41) is 0. The maximum atomic E-state index is 11.9. The van der Waals surface area contributed by atoms with E-state index in [2.05, 4.69) is 4.98 Å². The molecule has 2 aromatic heterocycles. The molecule has 0 radical (unpaired) electrons. The van der Waals surface area contributed by atoms with E-state index in [1.807, 2.05) is 45.0 Å². The number of hydrogen-bond acceptors (Lipinski definition) is 4. The lowest BCUT2D eigenvalue weighted by Gasteiger charge is -2.05. The van der Waals surface area contributed by atoms with E-state index in [1.54, 1.807) is 11.3 Å². The van der Waals surface area contributed by atoms with Crippen LogP contribution in [0.25, 0.3) is 0 Å². The summed E-state index contributed by atoms with van der Waals surface area (Å²) in [6.07, 6.45) is 1.63. The van der Waals surface area contributed by atoms with Crippen LogP contribution in [0.1, 0.15) is 37.9 Å². The molecule has 0 aliphatic heterocycles. The molecule has 0 atom stereocenters. The van der Waals surface area contributed by atoms with E-state index in [-0.39, 0.29) is 5.97 Å². The second-order valence-corrected chi connectivity index (χ2v) is 6.30. The van der Waals surface area contributed by atoms with Crippen molar-refractivity contribution in [2.45, 2.75) is 33.6 Å². The highest BCUT2D eigenvalue weighted by Gasteiger charge is 2.12. The molecule has 0 aliphatic rings. The zero-order valence-corrected chi connectivity index (χ0v) is 12.9. The van der Waals surface area contributed by atoms with Crippen LogP contribution in [0.5, 0.6) is 0 Å². The van der Waals surface area contributed by atoms with Crippen molar-refractivity contribution in [3.05, 3.63) is 51.0 Å². The summed E-state index contributed by atoms with van der Waals surface area (Å²) in [6, 6.07) is 7.87. The van der Waals surface area contributed by atoms with Crippen molar-refractivity contribution >= 4 is 17.3 Å². The average Bonchev–Trinajstić information content (AvgIpc) is 2.74. The average molecular weight is 289 g/mol. The first-order chi connectivity index (χ1) is 9.56. The van der Waals surface area contributed by atoms with Crippen molar-refractivity contribution in [3.63, 3.8) is 0 Å². The number of esters is 1. The standard InChI is InChI=1S/C16H19NO2S/c1-11-6-4-7-14(17-11)8-5-9-19-16(18)15-10-12(2)20-13(15)3/h4,6-7,10H,5,8-9H2,1-3H3. The fraction of sp³-hybridized carbons (Fsp3) is 0.375. The molecular weight excluding hydrogens is 270 g/mol. The van der Waals surface area contributed by atoms with Crippen molar-refractivity contribution in [2.24, 2.45) is 0 Å². The fourth-order valence-corrected chi connectivity index (χ4v) is 2.98.